The van der Waals surface area contributed by atoms with Crippen molar-refractivity contribution in [2.24, 2.45) is 0 Å². The monoisotopic (exact) mass is 236 g/mol. The first-order valence-electron chi connectivity index (χ1n) is 5.91. The van der Waals surface area contributed by atoms with Crippen molar-refractivity contribution in [2.45, 2.75) is 39.5 Å². The molecule has 0 amide bonds. The molecule has 94 valence electrons. The number of ether oxygens (including phenoxy) is 1. The minimum Gasteiger partial charge on any atom is -0.496 e. The Morgan fingerprint density at radius 2 is 1.94 bits per heavy atom. The van der Waals surface area contributed by atoms with Crippen molar-refractivity contribution in [3.05, 3.63) is 28.8 Å². The summed E-state index contributed by atoms with van der Waals surface area (Å²) in [5.74, 6) is 0.199. The van der Waals surface area contributed by atoms with E-state index in [1.807, 2.05) is 6.07 Å². The molecular weight excluding hydrogens is 216 g/mol. The van der Waals surface area contributed by atoms with Crippen molar-refractivity contribution in [3.8, 4) is 5.75 Å². The first kappa shape index (κ1) is 13.6. The van der Waals surface area contributed by atoms with E-state index < -0.39 is 5.97 Å². The molecule has 1 aromatic rings. The molecule has 17 heavy (non-hydrogen) atoms. The van der Waals surface area contributed by atoms with Crippen molar-refractivity contribution in [3.63, 3.8) is 0 Å². The zero-order valence-corrected chi connectivity index (χ0v) is 10.7. The normalized spacial score (nSPS) is 10.3. The number of rotatable bonds is 6. The molecule has 0 aromatic heterocycles. The highest BCUT2D eigenvalue weighted by atomic mass is 16.5. The molecule has 0 atom stereocenters. The molecule has 0 fully saturated rings. The van der Waals surface area contributed by atoms with Gasteiger partial charge in [0, 0.05) is 6.42 Å². The van der Waals surface area contributed by atoms with Gasteiger partial charge in [0.25, 0.3) is 0 Å². The van der Waals surface area contributed by atoms with Crippen LogP contribution in [0.2, 0.25) is 0 Å². The third-order valence-electron chi connectivity index (χ3n) is 3.16. The molecule has 1 N–H and O–H groups in total. The molecule has 0 aliphatic rings. The van der Waals surface area contributed by atoms with E-state index in [9.17, 15) is 4.79 Å². The summed E-state index contributed by atoms with van der Waals surface area (Å²) in [5.41, 5.74) is 3.71. The molecule has 0 heterocycles. The number of hydrogen-bond acceptors (Lipinski definition) is 2. The summed E-state index contributed by atoms with van der Waals surface area (Å²) in [5, 5.41) is 8.56. The van der Waals surface area contributed by atoms with Crippen LogP contribution in [0, 0.1) is 13.8 Å². The van der Waals surface area contributed by atoms with Gasteiger partial charge in [-0.05, 0) is 55.9 Å². The van der Waals surface area contributed by atoms with Crippen molar-refractivity contribution < 1.29 is 14.6 Å². The topological polar surface area (TPSA) is 46.5 Å². The van der Waals surface area contributed by atoms with Gasteiger partial charge in [-0.15, -0.1) is 0 Å². The molecule has 0 unspecified atom stereocenters. The number of benzene rings is 1. The number of unbranched alkanes of at least 4 members (excludes halogenated alkanes) is 1. The Morgan fingerprint density at radius 1 is 1.24 bits per heavy atom. The van der Waals surface area contributed by atoms with Gasteiger partial charge >= 0.3 is 5.97 Å². The first-order chi connectivity index (χ1) is 8.06. The lowest BCUT2D eigenvalue weighted by Gasteiger charge is -2.12. The third kappa shape index (κ3) is 3.77. The molecule has 0 saturated carbocycles. The largest absolute Gasteiger partial charge is 0.496 e. The fourth-order valence-electron chi connectivity index (χ4n) is 1.94. The minimum atomic E-state index is -0.715. The molecule has 0 saturated heterocycles. The molecule has 1 rings (SSSR count). The Bertz CT molecular complexity index is 397. The van der Waals surface area contributed by atoms with E-state index in [0.717, 1.165) is 25.0 Å². The average Bonchev–Trinajstić information content (AvgIpc) is 2.29. The van der Waals surface area contributed by atoms with Gasteiger partial charge in [-0.1, -0.05) is 6.07 Å². The molecular formula is C14H20O3. The lowest BCUT2D eigenvalue weighted by atomic mass is 9.98. The van der Waals surface area contributed by atoms with E-state index >= 15 is 0 Å². The summed E-state index contributed by atoms with van der Waals surface area (Å²) < 4.78 is 5.26. The van der Waals surface area contributed by atoms with E-state index in [4.69, 9.17) is 9.84 Å². The lowest BCUT2D eigenvalue weighted by molar-refractivity contribution is -0.137. The molecule has 0 radical (unpaired) electrons. The zero-order chi connectivity index (χ0) is 12.8. The summed E-state index contributed by atoms with van der Waals surface area (Å²) in [6.45, 7) is 4.14. The number of carbonyl (C=O) groups is 1. The Labute approximate surface area is 102 Å². The Balaban J connectivity index is 2.60. The number of hydrogen-bond donors (Lipinski definition) is 1. The highest BCUT2D eigenvalue weighted by Crippen LogP contribution is 2.24. The molecule has 3 nitrogen and oxygen atoms in total. The van der Waals surface area contributed by atoms with Crippen molar-refractivity contribution >= 4 is 5.97 Å². The van der Waals surface area contributed by atoms with Crippen LogP contribution in [0.25, 0.3) is 0 Å². The maximum absolute atomic E-state index is 10.4. The van der Waals surface area contributed by atoms with Crippen molar-refractivity contribution in [1.82, 2.24) is 0 Å². The molecule has 0 aliphatic carbocycles. The van der Waals surface area contributed by atoms with Crippen LogP contribution in [0.5, 0.6) is 5.75 Å². The number of methoxy groups -OCH3 is 1. The summed E-state index contributed by atoms with van der Waals surface area (Å²) in [7, 11) is 1.67. The van der Waals surface area contributed by atoms with E-state index in [2.05, 4.69) is 19.9 Å². The predicted molar refractivity (Wildman–Crippen MR) is 67.7 cm³/mol. The second-order valence-corrected chi connectivity index (χ2v) is 4.28. The van der Waals surface area contributed by atoms with E-state index in [1.54, 1.807) is 7.11 Å². The van der Waals surface area contributed by atoms with E-state index in [0.29, 0.717) is 0 Å². The highest BCUT2D eigenvalue weighted by molar-refractivity contribution is 5.66. The summed E-state index contributed by atoms with van der Waals surface area (Å²) in [6.07, 6.45) is 2.84. The number of carboxylic acid groups (broad SMARTS) is 1. The molecule has 1 aromatic carbocycles. The highest BCUT2D eigenvalue weighted by Gasteiger charge is 2.06. The second kappa shape index (κ2) is 6.28. The van der Waals surface area contributed by atoms with Gasteiger partial charge in [0.2, 0.25) is 0 Å². The average molecular weight is 236 g/mol. The standard InChI is InChI=1S/C14H20O3/c1-10-11(2)13(17-3)9-8-12(10)6-4-5-7-14(15)16/h8-9H,4-7H2,1-3H3,(H,15,16). The van der Waals surface area contributed by atoms with Crippen LogP contribution in [-0.4, -0.2) is 18.2 Å². The molecule has 0 aliphatic heterocycles. The summed E-state index contributed by atoms with van der Waals surface area (Å²) in [6, 6.07) is 4.05. The van der Waals surface area contributed by atoms with Crippen LogP contribution >= 0.6 is 0 Å². The van der Waals surface area contributed by atoms with Crippen molar-refractivity contribution in [2.75, 3.05) is 7.11 Å². The maximum atomic E-state index is 10.4. The van der Waals surface area contributed by atoms with E-state index in [1.165, 1.54) is 16.7 Å². The van der Waals surface area contributed by atoms with Gasteiger partial charge < -0.3 is 9.84 Å². The van der Waals surface area contributed by atoms with Crippen LogP contribution in [0.4, 0.5) is 0 Å². The first-order valence-corrected chi connectivity index (χ1v) is 5.91. The smallest absolute Gasteiger partial charge is 0.303 e. The second-order valence-electron chi connectivity index (χ2n) is 4.28. The van der Waals surface area contributed by atoms with Gasteiger partial charge in [0.1, 0.15) is 5.75 Å². The summed E-state index contributed by atoms with van der Waals surface area (Å²) >= 11 is 0. The lowest BCUT2D eigenvalue weighted by Crippen LogP contribution is -1.98. The fraction of sp³-hybridized carbons (Fsp3) is 0.500. The van der Waals surface area contributed by atoms with Crippen LogP contribution in [0.15, 0.2) is 12.1 Å². The number of aliphatic carboxylic acids is 1. The summed E-state index contributed by atoms with van der Waals surface area (Å²) in [4.78, 5) is 10.4. The van der Waals surface area contributed by atoms with Crippen LogP contribution in [-0.2, 0) is 11.2 Å². The minimum absolute atomic E-state index is 0.258. The fourth-order valence-corrected chi connectivity index (χ4v) is 1.94. The Kier molecular flexibility index (Phi) is 5.01. The van der Waals surface area contributed by atoms with Gasteiger partial charge in [-0.25, -0.2) is 0 Å². The maximum Gasteiger partial charge on any atom is 0.303 e. The van der Waals surface area contributed by atoms with Crippen LogP contribution in [0.3, 0.4) is 0 Å². The van der Waals surface area contributed by atoms with Crippen LogP contribution in [0.1, 0.15) is 36.0 Å². The van der Waals surface area contributed by atoms with Crippen LogP contribution < -0.4 is 4.74 Å². The van der Waals surface area contributed by atoms with Crippen molar-refractivity contribution in [1.29, 1.82) is 0 Å². The Morgan fingerprint density at radius 3 is 2.53 bits per heavy atom. The Hall–Kier alpha value is -1.51. The van der Waals surface area contributed by atoms with E-state index in [-0.39, 0.29) is 6.42 Å². The third-order valence-corrected chi connectivity index (χ3v) is 3.16. The zero-order valence-electron chi connectivity index (χ0n) is 10.7. The van der Waals surface area contributed by atoms with Gasteiger partial charge in [0.05, 0.1) is 7.11 Å². The van der Waals surface area contributed by atoms with Gasteiger partial charge in [-0.3, -0.25) is 4.79 Å². The molecule has 0 spiro atoms. The van der Waals surface area contributed by atoms with Gasteiger partial charge in [0.15, 0.2) is 0 Å². The molecule has 3 heteroatoms. The molecule has 0 bridgehead atoms. The van der Waals surface area contributed by atoms with Gasteiger partial charge in [-0.2, -0.15) is 0 Å². The quantitative estimate of drug-likeness (QED) is 0.772. The number of carboxylic acids is 1. The predicted octanol–water partition coefficient (Wildman–Crippen LogP) is 3.11. The number of aryl methyl sites for hydroxylation is 1. The SMILES string of the molecule is COc1ccc(CCCCC(=O)O)c(C)c1C.